The lowest BCUT2D eigenvalue weighted by Crippen LogP contribution is -2.35. The third-order valence-corrected chi connectivity index (χ3v) is 5.98. The number of rotatable bonds is 6. The van der Waals surface area contributed by atoms with E-state index < -0.39 is 0 Å². The molecule has 2 saturated heterocycles. The van der Waals surface area contributed by atoms with Crippen molar-refractivity contribution in [2.24, 2.45) is 11.8 Å². The van der Waals surface area contributed by atoms with Crippen LogP contribution in [0, 0.1) is 11.8 Å². The highest BCUT2D eigenvalue weighted by Gasteiger charge is 2.52. The molecule has 2 fully saturated rings. The van der Waals surface area contributed by atoms with Gasteiger partial charge in [0.05, 0.1) is 25.0 Å². The maximum absolute atomic E-state index is 13.0. The van der Waals surface area contributed by atoms with E-state index in [0.717, 1.165) is 23.4 Å². The first kappa shape index (κ1) is 18.9. The SMILES string of the molecule is CCOc1ccc(CN2C[C@@H]3C(=O)N(Cc4ccc5c(c4)OCO5)C(=O)[C@@H]3C2)cc1. The van der Waals surface area contributed by atoms with E-state index >= 15 is 0 Å². The zero-order chi connectivity index (χ0) is 20.7. The molecule has 0 radical (unpaired) electrons. The lowest BCUT2D eigenvalue weighted by atomic mass is 10.00. The minimum absolute atomic E-state index is 0.0724. The van der Waals surface area contributed by atoms with Gasteiger partial charge in [-0.15, -0.1) is 0 Å². The number of fused-ring (bicyclic) bond motifs is 2. The van der Waals surface area contributed by atoms with Crippen molar-refractivity contribution in [3.63, 3.8) is 0 Å². The van der Waals surface area contributed by atoms with Gasteiger partial charge in [0.15, 0.2) is 11.5 Å². The molecule has 0 spiro atoms. The molecule has 0 bridgehead atoms. The Labute approximate surface area is 175 Å². The molecular formula is C23H24N2O5. The van der Waals surface area contributed by atoms with E-state index in [2.05, 4.69) is 4.90 Å². The van der Waals surface area contributed by atoms with Crippen LogP contribution in [0.1, 0.15) is 18.1 Å². The molecule has 0 N–H and O–H groups in total. The van der Waals surface area contributed by atoms with Gasteiger partial charge in [-0.3, -0.25) is 19.4 Å². The fourth-order valence-electron chi connectivity index (χ4n) is 4.52. The van der Waals surface area contributed by atoms with Gasteiger partial charge in [-0.05, 0) is 42.3 Å². The summed E-state index contributed by atoms with van der Waals surface area (Å²) < 4.78 is 16.2. The predicted octanol–water partition coefficient (Wildman–Crippen LogP) is 2.43. The van der Waals surface area contributed by atoms with Crippen LogP contribution < -0.4 is 14.2 Å². The number of likely N-dealkylation sites (tertiary alicyclic amines) is 2. The summed E-state index contributed by atoms with van der Waals surface area (Å²) in [7, 11) is 0. The zero-order valence-electron chi connectivity index (χ0n) is 16.9. The number of carbonyl (C=O) groups is 2. The van der Waals surface area contributed by atoms with Crippen molar-refractivity contribution in [3.05, 3.63) is 53.6 Å². The average Bonchev–Trinajstić information content (AvgIpc) is 3.43. The van der Waals surface area contributed by atoms with Gasteiger partial charge in [0.2, 0.25) is 18.6 Å². The smallest absolute Gasteiger partial charge is 0.234 e. The average molecular weight is 408 g/mol. The van der Waals surface area contributed by atoms with Crippen molar-refractivity contribution in [1.29, 1.82) is 0 Å². The second-order valence-corrected chi connectivity index (χ2v) is 7.93. The van der Waals surface area contributed by atoms with Gasteiger partial charge in [-0.25, -0.2) is 0 Å². The Morgan fingerprint density at radius 1 is 0.900 bits per heavy atom. The van der Waals surface area contributed by atoms with Crippen LogP contribution in [0.25, 0.3) is 0 Å². The lowest BCUT2D eigenvalue weighted by molar-refractivity contribution is -0.141. The summed E-state index contributed by atoms with van der Waals surface area (Å²) in [6.07, 6.45) is 0. The Balaban J connectivity index is 1.22. The summed E-state index contributed by atoms with van der Waals surface area (Å²) in [5.41, 5.74) is 2.02. The molecule has 3 heterocycles. The van der Waals surface area contributed by atoms with E-state index in [9.17, 15) is 9.59 Å². The maximum atomic E-state index is 13.0. The maximum Gasteiger partial charge on any atom is 0.234 e. The van der Waals surface area contributed by atoms with Gasteiger partial charge in [-0.2, -0.15) is 0 Å². The summed E-state index contributed by atoms with van der Waals surface area (Å²) in [5.74, 6) is 1.55. The van der Waals surface area contributed by atoms with Crippen molar-refractivity contribution in [1.82, 2.24) is 9.80 Å². The molecule has 3 aliphatic heterocycles. The molecule has 2 aromatic rings. The van der Waals surface area contributed by atoms with Gasteiger partial charge in [0.25, 0.3) is 0 Å². The van der Waals surface area contributed by atoms with E-state index in [1.807, 2.05) is 49.4 Å². The van der Waals surface area contributed by atoms with Crippen LogP contribution in [0.15, 0.2) is 42.5 Å². The molecule has 0 aromatic heterocycles. The predicted molar refractivity (Wildman–Crippen MR) is 108 cm³/mol. The van der Waals surface area contributed by atoms with Crippen LogP contribution in [0.4, 0.5) is 0 Å². The summed E-state index contributed by atoms with van der Waals surface area (Å²) in [6.45, 7) is 5.03. The van der Waals surface area contributed by atoms with E-state index in [1.54, 1.807) is 0 Å². The molecule has 0 aliphatic carbocycles. The number of amides is 2. The highest BCUT2D eigenvalue weighted by Crippen LogP contribution is 2.37. The van der Waals surface area contributed by atoms with Crippen LogP contribution in [0.3, 0.4) is 0 Å². The van der Waals surface area contributed by atoms with Crippen LogP contribution in [-0.2, 0) is 22.7 Å². The summed E-state index contributed by atoms with van der Waals surface area (Å²) in [5, 5.41) is 0. The fourth-order valence-corrected chi connectivity index (χ4v) is 4.52. The van der Waals surface area contributed by atoms with Crippen molar-refractivity contribution < 1.29 is 23.8 Å². The standard InChI is InChI=1S/C23H24N2O5/c1-2-28-17-6-3-15(4-7-17)10-24-12-18-19(13-24)23(27)25(22(18)26)11-16-5-8-20-21(9-16)30-14-29-20/h3-9,18-19H,2,10-14H2,1H3/t18-,19+. The second kappa shape index (κ2) is 7.65. The highest BCUT2D eigenvalue weighted by atomic mass is 16.7. The van der Waals surface area contributed by atoms with Gasteiger partial charge in [0.1, 0.15) is 5.75 Å². The number of ether oxygens (including phenoxy) is 3. The van der Waals surface area contributed by atoms with Crippen LogP contribution >= 0.6 is 0 Å². The van der Waals surface area contributed by atoms with Crippen LogP contribution in [-0.4, -0.2) is 48.1 Å². The lowest BCUT2D eigenvalue weighted by Gasteiger charge is -2.21. The van der Waals surface area contributed by atoms with E-state index in [-0.39, 0.29) is 37.0 Å². The summed E-state index contributed by atoms with van der Waals surface area (Å²) in [4.78, 5) is 29.5. The molecule has 7 heteroatoms. The molecule has 2 atom stereocenters. The third-order valence-electron chi connectivity index (χ3n) is 5.98. The third kappa shape index (κ3) is 3.39. The number of imide groups is 1. The summed E-state index contributed by atoms with van der Waals surface area (Å²) >= 11 is 0. The first-order valence-corrected chi connectivity index (χ1v) is 10.3. The molecular weight excluding hydrogens is 384 g/mol. The van der Waals surface area contributed by atoms with Crippen molar-refractivity contribution in [3.8, 4) is 17.2 Å². The van der Waals surface area contributed by atoms with E-state index in [4.69, 9.17) is 14.2 Å². The molecule has 2 amide bonds. The normalized spacial score (nSPS) is 22.6. The Hall–Kier alpha value is -3.06. The highest BCUT2D eigenvalue weighted by molar-refractivity contribution is 6.05. The minimum atomic E-state index is -0.255. The largest absolute Gasteiger partial charge is 0.494 e. The molecule has 3 aliphatic rings. The van der Waals surface area contributed by atoms with Gasteiger partial charge >= 0.3 is 0 Å². The Morgan fingerprint density at radius 3 is 2.27 bits per heavy atom. The van der Waals surface area contributed by atoms with Gasteiger partial charge in [-0.1, -0.05) is 18.2 Å². The van der Waals surface area contributed by atoms with Gasteiger partial charge in [0, 0.05) is 19.6 Å². The van der Waals surface area contributed by atoms with Crippen molar-refractivity contribution in [2.45, 2.75) is 20.0 Å². The monoisotopic (exact) mass is 408 g/mol. The Kier molecular flexibility index (Phi) is 4.83. The number of benzene rings is 2. The molecule has 5 rings (SSSR count). The molecule has 156 valence electrons. The van der Waals surface area contributed by atoms with Crippen molar-refractivity contribution in [2.75, 3.05) is 26.5 Å². The minimum Gasteiger partial charge on any atom is -0.494 e. The summed E-state index contributed by atoms with van der Waals surface area (Å²) in [6, 6.07) is 13.5. The number of nitrogens with zero attached hydrogens (tertiary/aromatic N) is 2. The van der Waals surface area contributed by atoms with E-state index in [1.165, 1.54) is 4.90 Å². The quantitative estimate of drug-likeness (QED) is 0.684. The number of carbonyl (C=O) groups excluding carboxylic acids is 2. The Morgan fingerprint density at radius 2 is 1.57 bits per heavy atom. The molecule has 0 saturated carbocycles. The zero-order valence-corrected chi connectivity index (χ0v) is 16.9. The van der Waals surface area contributed by atoms with Gasteiger partial charge < -0.3 is 14.2 Å². The fraction of sp³-hybridized carbons (Fsp3) is 0.391. The molecule has 0 unspecified atom stereocenters. The van der Waals surface area contributed by atoms with Crippen molar-refractivity contribution >= 4 is 11.8 Å². The molecule has 2 aromatic carbocycles. The first-order valence-electron chi connectivity index (χ1n) is 10.3. The van der Waals surface area contributed by atoms with Crippen LogP contribution in [0.5, 0.6) is 17.2 Å². The Bertz CT molecular complexity index is 950. The second-order valence-electron chi connectivity index (χ2n) is 7.93. The van der Waals surface area contributed by atoms with Crippen LogP contribution in [0.2, 0.25) is 0 Å². The molecule has 30 heavy (non-hydrogen) atoms. The number of hydrogen-bond donors (Lipinski definition) is 0. The van der Waals surface area contributed by atoms with E-state index in [0.29, 0.717) is 31.2 Å². The number of hydrogen-bond acceptors (Lipinski definition) is 6. The topological polar surface area (TPSA) is 68.3 Å². The first-order chi connectivity index (χ1) is 14.6. The molecule has 7 nitrogen and oxygen atoms in total.